The monoisotopic (exact) mass is 681 g/mol. The van der Waals surface area contributed by atoms with Crippen molar-refractivity contribution in [3.8, 4) is 28.6 Å². The maximum absolute atomic E-state index is 15.2. The number of halogens is 1. The van der Waals surface area contributed by atoms with Crippen molar-refractivity contribution < 1.29 is 19.4 Å². The lowest BCUT2D eigenvalue weighted by molar-refractivity contribution is 0.0954. The number of amides is 1. The van der Waals surface area contributed by atoms with Crippen molar-refractivity contribution >= 4 is 22.9 Å². The fourth-order valence-electron chi connectivity index (χ4n) is 5.78. The first kappa shape index (κ1) is 33.7. The third-order valence-electron chi connectivity index (χ3n) is 8.42. The van der Waals surface area contributed by atoms with Crippen LogP contribution >= 0.6 is 0 Å². The number of carbonyl (C=O) groups excluding carboxylic acids is 1. The summed E-state index contributed by atoms with van der Waals surface area (Å²) in [5.41, 5.74) is 8.77. The number of phenols is 2. The third kappa shape index (κ3) is 6.98. The van der Waals surface area contributed by atoms with Gasteiger partial charge in [0, 0.05) is 43.0 Å². The number of hydrogen-bond acceptors (Lipinski definition) is 9. The van der Waals surface area contributed by atoms with E-state index in [1.165, 1.54) is 12.1 Å². The largest absolute Gasteiger partial charge is 0.508 e. The average molecular weight is 682 g/mol. The number of aryl methyl sites for hydroxylation is 2. The second-order valence-electron chi connectivity index (χ2n) is 12.2. The van der Waals surface area contributed by atoms with Crippen molar-refractivity contribution in [1.29, 1.82) is 0 Å². The second-order valence-corrected chi connectivity index (χ2v) is 12.2. The number of aromatic amines is 3. The van der Waals surface area contributed by atoms with Crippen LogP contribution in [0.15, 0.2) is 70.4 Å². The van der Waals surface area contributed by atoms with Gasteiger partial charge in [-0.2, -0.15) is 10.1 Å². The Morgan fingerprint density at radius 1 is 1.00 bits per heavy atom. The molecule has 0 saturated heterocycles. The molecule has 0 aliphatic rings. The van der Waals surface area contributed by atoms with Gasteiger partial charge in [-0.3, -0.25) is 14.6 Å². The summed E-state index contributed by atoms with van der Waals surface area (Å²) in [5, 5.41) is 33.6. The van der Waals surface area contributed by atoms with E-state index in [1.54, 1.807) is 36.5 Å². The van der Waals surface area contributed by atoms with Crippen molar-refractivity contribution in [2.45, 2.75) is 39.2 Å². The lowest BCUT2D eigenvalue weighted by atomic mass is 9.98. The Balaban J connectivity index is 1.01. The van der Waals surface area contributed by atoms with Gasteiger partial charge in [0.05, 0.1) is 16.6 Å². The number of benzene rings is 3. The lowest BCUT2D eigenvalue weighted by Gasteiger charge is -2.14. The zero-order valence-electron chi connectivity index (χ0n) is 27.3. The Morgan fingerprint density at radius 3 is 2.52 bits per heavy atom. The summed E-state index contributed by atoms with van der Waals surface area (Å²) in [6.45, 7) is 4.60. The number of aromatic hydroxyl groups is 2. The van der Waals surface area contributed by atoms with E-state index in [4.69, 9.17) is 5.73 Å². The molecule has 258 valence electrons. The summed E-state index contributed by atoms with van der Waals surface area (Å²) in [4.78, 5) is 47.3. The number of nitrogen functional groups attached to an aromatic ring is 1. The van der Waals surface area contributed by atoms with Crippen molar-refractivity contribution in [3.05, 3.63) is 115 Å². The van der Waals surface area contributed by atoms with E-state index >= 15 is 4.39 Å². The molecule has 9 N–H and O–H groups in total. The van der Waals surface area contributed by atoms with E-state index in [2.05, 4.69) is 35.8 Å². The molecule has 0 atom stereocenters. The zero-order chi connectivity index (χ0) is 35.5. The number of rotatable bonds is 12. The number of nitrogens with one attached hydrogen (secondary N) is 5. The van der Waals surface area contributed by atoms with E-state index in [-0.39, 0.29) is 58.5 Å². The first-order valence-electron chi connectivity index (χ1n) is 16.0. The molecule has 0 saturated carbocycles. The van der Waals surface area contributed by atoms with Crippen LogP contribution in [0, 0.1) is 5.82 Å². The molecule has 50 heavy (non-hydrogen) atoms. The molecule has 15 heteroatoms. The van der Waals surface area contributed by atoms with Gasteiger partial charge in [-0.25, -0.2) is 18.9 Å². The number of anilines is 1. The Labute approximate surface area is 284 Å². The van der Waals surface area contributed by atoms with Crippen LogP contribution in [0.4, 0.5) is 10.3 Å². The topological polar surface area (TPSA) is 220 Å². The number of fused-ring (bicyclic) bond motifs is 1. The van der Waals surface area contributed by atoms with E-state index in [9.17, 15) is 24.6 Å². The molecule has 0 bridgehead atoms. The summed E-state index contributed by atoms with van der Waals surface area (Å²) in [6.07, 6.45) is 3.00. The molecule has 3 aromatic carbocycles. The standard InChI is InChI=1S/C35H36FN9O5/c1-18(2)24-14-25(28(47)15-27(24)46)31-43-44-35(50)45(31)23-10-9-21(26(36)13-23)16-38-11-12-39-32(48)20-6-3-19(4-7-20)5-8-22-17-40-30-29(22)33(49)42-34(37)41-30/h3-4,6-7,9-10,13-15,17-18,38,46-47H,5,8,11-12,16H2,1-2H3,(H,39,48)(H,44,50)(H4,37,40,41,42,49). The second kappa shape index (κ2) is 14.1. The van der Waals surface area contributed by atoms with Crippen molar-refractivity contribution in [2.75, 3.05) is 18.8 Å². The average Bonchev–Trinajstić information content (AvgIpc) is 3.67. The smallest absolute Gasteiger partial charge is 0.348 e. The van der Waals surface area contributed by atoms with Gasteiger partial charge >= 0.3 is 5.69 Å². The van der Waals surface area contributed by atoms with E-state index in [0.717, 1.165) is 15.7 Å². The summed E-state index contributed by atoms with van der Waals surface area (Å²) < 4.78 is 16.3. The van der Waals surface area contributed by atoms with Gasteiger partial charge in [-0.1, -0.05) is 32.0 Å². The van der Waals surface area contributed by atoms with Crippen LogP contribution in [0.2, 0.25) is 0 Å². The number of hydrogen-bond donors (Lipinski definition) is 8. The molecule has 0 fully saturated rings. The first-order valence-corrected chi connectivity index (χ1v) is 16.0. The zero-order valence-corrected chi connectivity index (χ0v) is 27.3. The Kier molecular flexibility index (Phi) is 9.49. The molecule has 1 amide bonds. The molecule has 6 aromatic rings. The number of nitrogens with zero attached hydrogens (tertiary/aromatic N) is 3. The fraction of sp³-hybridized carbons (Fsp3) is 0.229. The minimum Gasteiger partial charge on any atom is -0.508 e. The predicted octanol–water partition coefficient (Wildman–Crippen LogP) is 3.35. The van der Waals surface area contributed by atoms with Crippen LogP contribution in [-0.4, -0.2) is 58.9 Å². The van der Waals surface area contributed by atoms with Gasteiger partial charge in [-0.15, -0.1) is 0 Å². The van der Waals surface area contributed by atoms with Crippen LogP contribution in [0.5, 0.6) is 11.5 Å². The van der Waals surface area contributed by atoms with Gasteiger partial charge in [0.15, 0.2) is 5.82 Å². The van der Waals surface area contributed by atoms with Crippen LogP contribution in [-0.2, 0) is 19.4 Å². The normalized spacial score (nSPS) is 11.4. The lowest BCUT2D eigenvalue weighted by Crippen LogP contribution is -2.31. The maximum Gasteiger partial charge on any atom is 0.348 e. The predicted molar refractivity (Wildman–Crippen MR) is 186 cm³/mol. The minimum absolute atomic E-state index is 0.0530. The van der Waals surface area contributed by atoms with E-state index in [0.29, 0.717) is 53.7 Å². The van der Waals surface area contributed by atoms with Gasteiger partial charge in [-0.05, 0) is 65.8 Å². The maximum atomic E-state index is 15.2. The Hall–Kier alpha value is -6.22. The number of nitrogens with two attached hydrogens (primary N) is 1. The first-order chi connectivity index (χ1) is 24.0. The molecule has 6 rings (SSSR count). The highest BCUT2D eigenvalue weighted by Gasteiger charge is 2.20. The number of phenolic OH excluding ortho intramolecular Hbond substituents is 2. The number of aromatic nitrogens is 6. The van der Waals surface area contributed by atoms with Crippen LogP contribution in [0.25, 0.3) is 28.1 Å². The fourth-order valence-corrected chi connectivity index (χ4v) is 5.78. The van der Waals surface area contributed by atoms with E-state index < -0.39 is 11.5 Å². The highest BCUT2D eigenvalue weighted by Crippen LogP contribution is 2.37. The molecule has 3 heterocycles. The quantitative estimate of drug-likeness (QED) is 0.0887. The Bertz CT molecular complexity index is 2300. The SMILES string of the molecule is CC(C)c1cc(-c2n[nH]c(=O)n2-c2ccc(CNCCNC(=O)c3ccc(CCc4c[nH]c5nc(N)[nH]c(=O)c45)cc3)c(F)c2)c(O)cc1O. The van der Waals surface area contributed by atoms with Crippen LogP contribution < -0.4 is 27.6 Å². The van der Waals surface area contributed by atoms with Gasteiger partial charge in [0.2, 0.25) is 5.95 Å². The van der Waals surface area contributed by atoms with Crippen molar-refractivity contribution in [2.24, 2.45) is 0 Å². The van der Waals surface area contributed by atoms with E-state index in [1.807, 2.05) is 26.0 Å². The van der Waals surface area contributed by atoms with Gasteiger partial charge < -0.3 is 31.6 Å². The number of H-pyrrole nitrogens is 3. The molecule has 0 unspecified atom stereocenters. The molecule has 0 aliphatic carbocycles. The number of carbonyl (C=O) groups is 1. The molecular formula is C35H36FN9O5. The molecule has 3 aromatic heterocycles. The summed E-state index contributed by atoms with van der Waals surface area (Å²) in [7, 11) is 0. The summed E-state index contributed by atoms with van der Waals surface area (Å²) in [5.74, 6) is -1.12. The molecule has 0 aliphatic heterocycles. The van der Waals surface area contributed by atoms with Crippen molar-refractivity contribution in [1.82, 2.24) is 40.3 Å². The highest BCUT2D eigenvalue weighted by atomic mass is 19.1. The highest BCUT2D eigenvalue weighted by molar-refractivity contribution is 5.94. The molecule has 0 spiro atoms. The summed E-state index contributed by atoms with van der Waals surface area (Å²) in [6, 6.07) is 14.3. The van der Waals surface area contributed by atoms with Gasteiger partial charge in [0.1, 0.15) is 23.0 Å². The molecular weight excluding hydrogens is 645 g/mol. The molecule has 14 nitrogen and oxygen atoms in total. The third-order valence-corrected chi connectivity index (χ3v) is 8.42. The van der Waals surface area contributed by atoms with Crippen molar-refractivity contribution in [3.63, 3.8) is 0 Å². The minimum atomic E-state index is -0.624. The van der Waals surface area contributed by atoms with Gasteiger partial charge in [0.25, 0.3) is 11.5 Å². The van der Waals surface area contributed by atoms with Crippen LogP contribution in [0.1, 0.15) is 52.4 Å². The Morgan fingerprint density at radius 2 is 1.78 bits per heavy atom. The molecule has 0 radical (unpaired) electrons. The summed E-state index contributed by atoms with van der Waals surface area (Å²) >= 11 is 0. The van der Waals surface area contributed by atoms with Crippen LogP contribution in [0.3, 0.4) is 0 Å².